The Morgan fingerprint density at radius 2 is 1.24 bits per heavy atom. The van der Waals surface area contributed by atoms with E-state index in [0.717, 1.165) is 44.8 Å². The average Bonchev–Trinajstić information content (AvgIpc) is 3.07. The van der Waals surface area contributed by atoms with Crippen LogP contribution in [-0.4, -0.2) is 101 Å². The van der Waals surface area contributed by atoms with Crippen LogP contribution in [0.2, 0.25) is 0 Å². The highest BCUT2D eigenvalue weighted by Crippen LogP contribution is 2.25. The average molecular weight is 600 g/mol. The van der Waals surface area contributed by atoms with Crippen molar-refractivity contribution >= 4 is 11.9 Å². The first-order valence-electron chi connectivity index (χ1n) is 12.0. The van der Waals surface area contributed by atoms with E-state index in [2.05, 4.69) is 26.9 Å². The van der Waals surface area contributed by atoms with Crippen LogP contribution in [0.1, 0.15) is 11.1 Å². The number of aromatic nitrogens is 1. The zero-order chi connectivity index (χ0) is 30.7. The van der Waals surface area contributed by atoms with Crippen LogP contribution in [-0.2, 0) is 32.2 Å². The molecule has 41 heavy (non-hydrogen) atoms. The molecule has 1 spiro atoms. The summed E-state index contributed by atoms with van der Waals surface area (Å²) in [5, 5.41) is 14.2. The van der Waals surface area contributed by atoms with Gasteiger partial charge in [-0.1, -0.05) is 12.1 Å². The summed E-state index contributed by atoms with van der Waals surface area (Å²) in [5.74, 6) is -5.71. The minimum atomic E-state index is -5.08. The molecule has 0 bridgehead atoms. The first-order chi connectivity index (χ1) is 19.1. The molecular formula is C25H28F7N3O6. The number of carboxylic acids is 2. The number of alkyl halides is 6. The number of carbonyl (C=O) groups is 2. The third kappa shape index (κ3) is 12.4. The van der Waals surface area contributed by atoms with Gasteiger partial charge in [-0.25, -0.2) is 14.0 Å². The molecule has 0 aliphatic carbocycles. The molecule has 3 heterocycles. The van der Waals surface area contributed by atoms with E-state index in [9.17, 15) is 30.7 Å². The fraction of sp³-hybridized carbons (Fsp3) is 0.480. The maximum atomic E-state index is 13.2. The van der Waals surface area contributed by atoms with Gasteiger partial charge in [-0.05, 0) is 35.4 Å². The predicted octanol–water partition coefficient (Wildman–Crippen LogP) is 3.59. The number of ether oxygens (including phenoxy) is 2. The Balaban J connectivity index is 0.000000349. The molecule has 0 saturated carbocycles. The van der Waals surface area contributed by atoms with Gasteiger partial charge >= 0.3 is 24.3 Å². The highest BCUT2D eigenvalue weighted by Gasteiger charge is 2.40. The maximum Gasteiger partial charge on any atom is 0.490 e. The number of aliphatic carboxylic acids is 2. The van der Waals surface area contributed by atoms with Gasteiger partial charge in [0.05, 0.1) is 19.8 Å². The summed E-state index contributed by atoms with van der Waals surface area (Å²) in [7, 11) is 0. The number of morpholine rings is 1. The molecule has 228 valence electrons. The SMILES string of the molecule is Fc1ccc(CN2CCOC3(COCCN(Cc4ccncc4)C3)C2)cc1.O=C(O)C(F)(F)F.O=C(O)C(F)(F)F. The van der Waals surface area contributed by atoms with Gasteiger partial charge in [0.25, 0.3) is 0 Å². The number of carboxylic acid groups (broad SMARTS) is 2. The van der Waals surface area contributed by atoms with Crippen molar-refractivity contribution in [3.63, 3.8) is 0 Å². The van der Waals surface area contributed by atoms with E-state index in [1.54, 1.807) is 0 Å². The Kier molecular flexibility index (Phi) is 12.4. The molecule has 4 rings (SSSR count). The third-order valence-corrected chi connectivity index (χ3v) is 5.72. The number of halogens is 7. The Bertz CT molecular complexity index is 1080. The van der Waals surface area contributed by atoms with Gasteiger partial charge in [0.2, 0.25) is 0 Å². The molecule has 1 aromatic carbocycles. The van der Waals surface area contributed by atoms with Crippen LogP contribution >= 0.6 is 0 Å². The van der Waals surface area contributed by atoms with Crippen LogP contribution in [0.4, 0.5) is 30.7 Å². The van der Waals surface area contributed by atoms with Crippen molar-refractivity contribution in [2.24, 2.45) is 0 Å². The van der Waals surface area contributed by atoms with Crippen molar-refractivity contribution in [3.05, 3.63) is 65.7 Å². The molecular weight excluding hydrogens is 571 g/mol. The number of hydrogen-bond donors (Lipinski definition) is 2. The van der Waals surface area contributed by atoms with Crippen LogP contribution < -0.4 is 0 Å². The fourth-order valence-corrected chi connectivity index (χ4v) is 3.95. The van der Waals surface area contributed by atoms with Crippen LogP contribution in [0, 0.1) is 5.82 Å². The van der Waals surface area contributed by atoms with E-state index in [1.807, 2.05) is 24.5 Å². The molecule has 1 aromatic heterocycles. The minimum Gasteiger partial charge on any atom is -0.475 e. The molecule has 0 amide bonds. The predicted molar refractivity (Wildman–Crippen MR) is 128 cm³/mol. The van der Waals surface area contributed by atoms with Gasteiger partial charge in [0.15, 0.2) is 0 Å². The van der Waals surface area contributed by atoms with Gasteiger partial charge in [0.1, 0.15) is 11.4 Å². The topological polar surface area (TPSA) is 112 Å². The lowest BCUT2D eigenvalue weighted by atomic mass is 10.0. The summed E-state index contributed by atoms with van der Waals surface area (Å²) in [5.41, 5.74) is 2.06. The Labute approximate surface area is 230 Å². The van der Waals surface area contributed by atoms with Crippen molar-refractivity contribution < 1.29 is 60.0 Å². The molecule has 2 aliphatic rings. The zero-order valence-corrected chi connectivity index (χ0v) is 21.5. The Hall–Kier alpha value is -3.34. The lowest BCUT2D eigenvalue weighted by Gasteiger charge is -2.43. The molecule has 2 aromatic rings. The normalized spacial score (nSPS) is 20.2. The lowest BCUT2D eigenvalue weighted by Crippen LogP contribution is -2.58. The van der Waals surface area contributed by atoms with Crippen molar-refractivity contribution in [1.29, 1.82) is 0 Å². The second kappa shape index (κ2) is 15.0. The number of rotatable bonds is 4. The Morgan fingerprint density at radius 1 is 0.805 bits per heavy atom. The fourth-order valence-electron chi connectivity index (χ4n) is 3.95. The zero-order valence-electron chi connectivity index (χ0n) is 21.5. The molecule has 2 saturated heterocycles. The summed E-state index contributed by atoms with van der Waals surface area (Å²) in [6, 6.07) is 10.9. The highest BCUT2D eigenvalue weighted by molar-refractivity contribution is 5.73. The van der Waals surface area contributed by atoms with Gasteiger partial charge in [-0.3, -0.25) is 14.8 Å². The highest BCUT2D eigenvalue weighted by atomic mass is 19.4. The lowest BCUT2D eigenvalue weighted by molar-refractivity contribution is -0.193. The summed E-state index contributed by atoms with van der Waals surface area (Å²) in [4.78, 5) is 26.7. The van der Waals surface area contributed by atoms with Gasteiger partial charge < -0.3 is 19.7 Å². The quantitative estimate of drug-likeness (QED) is 0.510. The Morgan fingerprint density at radius 3 is 1.71 bits per heavy atom. The second-order valence-electron chi connectivity index (χ2n) is 9.09. The van der Waals surface area contributed by atoms with Crippen LogP contribution in [0.3, 0.4) is 0 Å². The van der Waals surface area contributed by atoms with Gasteiger partial charge in [-0.15, -0.1) is 0 Å². The number of hydrogen-bond acceptors (Lipinski definition) is 7. The summed E-state index contributed by atoms with van der Waals surface area (Å²) < 4.78 is 88.8. The van der Waals surface area contributed by atoms with Crippen LogP contribution in [0.15, 0.2) is 48.8 Å². The van der Waals surface area contributed by atoms with E-state index < -0.39 is 24.3 Å². The molecule has 16 heteroatoms. The van der Waals surface area contributed by atoms with Crippen LogP contribution in [0.25, 0.3) is 0 Å². The first-order valence-corrected chi connectivity index (χ1v) is 12.0. The van der Waals surface area contributed by atoms with E-state index in [1.165, 1.54) is 17.7 Å². The second-order valence-corrected chi connectivity index (χ2v) is 9.09. The monoisotopic (exact) mass is 599 g/mol. The van der Waals surface area contributed by atoms with Crippen molar-refractivity contribution in [3.8, 4) is 0 Å². The van der Waals surface area contributed by atoms with Crippen LogP contribution in [0.5, 0.6) is 0 Å². The van der Waals surface area contributed by atoms with E-state index in [0.29, 0.717) is 19.8 Å². The molecule has 2 fully saturated rings. The smallest absolute Gasteiger partial charge is 0.475 e. The molecule has 2 aliphatic heterocycles. The summed E-state index contributed by atoms with van der Waals surface area (Å²) >= 11 is 0. The van der Waals surface area contributed by atoms with Gasteiger partial charge in [0, 0.05) is 51.7 Å². The minimum absolute atomic E-state index is 0.193. The number of pyridine rings is 1. The van der Waals surface area contributed by atoms with Crippen molar-refractivity contribution in [1.82, 2.24) is 14.8 Å². The van der Waals surface area contributed by atoms with Crippen molar-refractivity contribution in [2.45, 2.75) is 31.0 Å². The largest absolute Gasteiger partial charge is 0.490 e. The number of nitrogens with zero attached hydrogens (tertiary/aromatic N) is 3. The first kappa shape index (κ1) is 33.9. The summed E-state index contributed by atoms with van der Waals surface area (Å²) in [6.45, 7) is 7.12. The number of benzene rings is 1. The molecule has 9 nitrogen and oxygen atoms in total. The van der Waals surface area contributed by atoms with E-state index in [4.69, 9.17) is 29.3 Å². The molecule has 0 radical (unpaired) electrons. The molecule has 2 N–H and O–H groups in total. The maximum absolute atomic E-state index is 13.2. The molecule has 1 atom stereocenters. The molecule has 1 unspecified atom stereocenters. The van der Waals surface area contributed by atoms with Gasteiger partial charge in [-0.2, -0.15) is 26.3 Å². The third-order valence-electron chi connectivity index (χ3n) is 5.72. The standard InChI is InChI=1S/C21H26FN3O2.2C2HF3O2/c22-20-3-1-18(2-4-20)13-25-10-12-27-21(16-25)15-24(9-11-26-17-21)14-19-5-7-23-8-6-19;2*3-2(4,5)1(6)7/h1-8H,9-17H2;2*(H,6,7). The van der Waals surface area contributed by atoms with E-state index in [-0.39, 0.29) is 11.4 Å². The summed E-state index contributed by atoms with van der Waals surface area (Å²) in [6.07, 6.45) is -6.50. The van der Waals surface area contributed by atoms with E-state index >= 15 is 0 Å². The van der Waals surface area contributed by atoms with Crippen molar-refractivity contribution in [2.75, 3.05) is 46.0 Å².